The standard InChI is InChI=1S/C26H18F4N2O5/c1-36-21-11-4-16(13-22(21)37-14-15-2-7-18(27)8-3-15)12-20-23(26(28,29)30)31-32(24(20)33)19-9-5-17(6-10-19)25(34)35/h2-13H,14H2,1H3,(H,34,35)/b20-12-. The predicted molar refractivity (Wildman–Crippen MR) is 126 cm³/mol. The van der Waals surface area contributed by atoms with E-state index in [-0.39, 0.29) is 29.2 Å². The Morgan fingerprint density at radius 3 is 2.30 bits per heavy atom. The summed E-state index contributed by atoms with van der Waals surface area (Å²) in [7, 11) is 1.39. The Morgan fingerprint density at radius 2 is 1.70 bits per heavy atom. The number of carbonyl (C=O) groups excluding carboxylic acids is 1. The summed E-state index contributed by atoms with van der Waals surface area (Å²) in [6.07, 6.45) is -3.91. The van der Waals surface area contributed by atoms with Gasteiger partial charge >= 0.3 is 12.1 Å². The maximum absolute atomic E-state index is 13.8. The first-order valence-corrected chi connectivity index (χ1v) is 10.7. The molecular formula is C26H18F4N2O5. The van der Waals surface area contributed by atoms with E-state index in [9.17, 15) is 27.2 Å². The summed E-state index contributed by atoms with van der Waals surface area (Å²) >= 11 is 0. The first kappa shape index (κ1) is 25.4. The van der Waals surface area contributed by atoms with Gasteiger partial charge < -0.3 is 14.6 Å². The van der Waals surface area contributed by atoms with Crippen LogP contribution in [0.5, 0.6) is 11.5 Å². The van der Waals surface area contributed by atoms with Gasteiger partial charge in [-0.1, -0.05) is 18.2 Å². The van der Waals surface area contributed by atoms with Crippen LogP contribution in [-0.4, -0.2) is 36.0 Å². The zero-order valence-electron chi connectivity index (χ0n) is 19.1. The van der Waals surface area contributed by atoms with Crippen LogP contribution in [0, 0.1) is 5.82 Å². The molecule has 0 saturated carbocycles. The summed E-state index contributed by atoms with van der Waals surface area (Å²) in [4.78, 5) is 24.0. The number of nitrogens with zero attached hydrogens (tertiary/aromatic N) is 2. The number of aromatic carboxylic acids is 1. The van der Waals surface area contributed by atoms with Crippen molar-refractivity contribution in [3.05, 3.63) is 94.8 Å². The summed E-state index contributed by atoms with van der Waals surface area (Å²) in [5.41, 5.74) is -1.38. The summed E-state index contributed by atoms with van der Waals surface area (Å²) < 4.78 is 65.5. The largest absolute Gasteiger partial charge is 0.493 e. The molecule has 0 spiro atoms. The summed E-state index contributed by atoms with van der Waals surface area (Å²) in [5, 5.41) is 13.1. The Kier molecular flexibility index (Phi) is 6.96. The number of hydrazone groups is 1. The molecule has 4 rings (SSSR count). The fourth-order valence-corrected chi connectivity index (χ4v) is 3.48. The van der Waals surface area contributed by atoms with Crippen LogP contribution in [0.1, 0.15) is 21.5 Å². The van der Waals surface area contributed by atoms with Crippen molar-refractivity contribution in [3.63, 3.8) is 0 Å². The van der Waals surface area contributed by atoms with Gasteiger partial charge in [-0.2, -0.15) is 23.3 Å². The van der Waals surface area contributed by atoms with Gasteiger partial charge in [-0.15, -0.1) is 0 Å². The van der Waals surface area contributed by atoms with Crippen LogP contribution in [-0.2, 0) is 11.4 Å². The molecule has 0 unspecified atom stereocenters. The molecule has 0 fully saturated rings. The van der Waals surface area contributed by atoms with Crippen molar-refractivity contribution in [2.24, 2.45) is 5.10 Å². The quantitative estimate of drug-likeness (QED) is 0.334. The Hall–Kier alpha value is -4.67. The molecule has 3 aromatic carbocycles. The normalized spacial score (nSPS) is 14.6. The van der Waals surface area contributed by atoms with Gasteiger partial charge in [0.25, 0.3) is 5.91 Å². The highest BCUT2D eigenvalue weighted by molar-refractivity contribution is 6.34. The van der Waals surface area contributed by atoms with E-state index in [1.54, 1.807) is 0 Å². The second-order valence-corrected chi connectivity index (χ2v) is 7.80. The third-order valence-electron chi connectivity index (χ3n) is 5.31. The van der Waals surface area contributed by atoms with Gasteiger partial charge in [0.05, 0.1) is 23.9 Å². The van der Waals surface area contributed by atoms with Crippen molar-refractivity contribution in [3.8, 4) is 11.5 Å². The molecule has 1 N–H and O–H groups in total. The van der Waals surface area contributed by atoms with Crippen molar-refractivity contribution < 1.29 is 41.7 Å². The lowest BCUT2D eigenvalue weighted by Gasteiger charge is -2.13. The van der Waals surface area contributed by atoms with E-state index in [2.05, 4.69) is 5.10 Å². The number of methoxy groups -OCH3 is 1. The molecule has 1 heterocycles. The zero-order chi connectivity index (χ0) is 26.7. The zero-order valence-corrected chi connectivity index (χ0v) is 19.1. The van der Waals surface area contributed by atoms with E-state index < -0.39 is 35.2 Å². The second-order valence-electron chi connectivity index (χ2n) is 7.80. The molecule has 190 valence electrons. The lowest BCUT2D eigenvalue weighted by Crippen LogP contribution is -2.25. The third kappa shape index (κ3) is 5.61. The van der Waals surface area contributed by atoms with Crippen LogP contribution in [0.3, 0.4) is 0 Å². The van der Waals surface area contributed by atoms with E-state index in [1.165, 1.54) is 61.7 Å². The van der Waals surface area contributed by atoms with Crippen molar-refractivity contribution >= 4 is 29.4 Å². The number of halogens is 4. The maximum Gasteiger partial charge on any atom is 0.435 e. The van der Waals surface area contributed by atoms with Crippen LogP contribution >= 0.6 is 0 Å². The minimum Gasteiger partial charge on any atom is -0.493 e. The molecule has 0 radical (unpaired) electrons. The van der Waals surface area contributed by atoms with Gasteiger partial charge in [-0.05, 0) is 65.7 Å². The molecule has 0 aliphatic carbocycles. The van der Waals surface area contributed by atoms with Crippen molar-refractivity contribution in [2.75, 3.05) is 12.1 Å². The number of alkyl halides is 3. The van der Waals surface area contributed by atoms with Crippen LogP contribution in [0.2, 0.25) is 0 Å². The molecular weight excluding hydrogens is 496 g/mol. The lowest BCUT2D eigenvalue weighted by molar-refractivity contribution is -0.114. The molecule has 37 heavy (non-hydrogen) atoms. The highest BCUT2D eigenvalue weighted by atomic mass is 19.4. The number of carbonyl (C=O) groups is 2. The van der Waals surface area contributed by atoms with Gasteiger partial charge in [-0.3, -0.25) is 4.79 Å². The first-order chi connectivity index (χ1) is 17.6. The van der Waals surface area contributed by atoms with Gasteiger partial charge in [0.15, 0.2) is 17.2 Å². The third-order valence-corrected chi connectivity index (χ3v) is 5.31. The van der Waals surface area contributed by atoms with E-state index in [1.807, 2.05) is 0 Å². The van der Waals surface area contributed by atoms with Crippen molar-refractivity contribution in [1.29, 1.82) is 0 Å². The van der Waals surface area contributed by atoms with Gasteiger partial charge in [0.1, 0.15) is 12.4 Å². The van der Waals surface area contributed by atoms with Crippen LogP contribution < -0.4 is 14.5 Å². The van der Waals surface area contributed by atoms with E-state index >= 15 is 0 Å². The number of hydrogen-bond donors (Lipinski definition) is 1. The number of anilines is 1. The monoisotopic (exact) mass is 514 g/mol. The first-order valence-electron chi connectivity index (χ1n) is 10.7. The van der Waals surface area contributed by atoms with E-state index in [0.717, 1.165) is 18.2 Å². The number of rotatable bonds is 7. The van der Waals surface area contributed by atoms with Gasteiger partial charge in [0.2, 0.25) is 0 Å². The average molecular weight is 514 g/mol. The van der Waals surface area contributed by atoms with E-state index in [0.29, 0.717) is 16.3 Å². The van der Waals surface area contributed by atoms with Gasteiger partial charge in [0, 0.05) is 0 Å². The van der Waals surface area contributed by atoms with Crippen LogP contribution in [0.4, 0.5) is 23.2 Å². The summed E-state index contributed by atoms with van der Waals surface area (Å²) in [6, 6.07) is 14.6. The smallest absolute Gasteiger partial charge is 0.435 e. The Bertz CT molecular complexity index is 1400. The van der Waals surface area contributed by atoms with Crippen molar-refractivity contribution in [2.45, 2.75) is 12.8 Å². The number of ether oxygens (including phenoxy) is 2. The number of carboxylic acid groups (broad SMARTS) is 1. The van der Waals surface area contributed by atoms with Crippen LogP contribution in [0.15, 0.2) is 77.4 Å². The minimum absolute atomic E-state index is 0.0294. The number of hydrogen-bond acceptors (Lipinski definition) is 5. The highest BCUT2D eigenvalue weighted by Crippen LogP contribution is 2.35. The number of amides is 1. The minimum atomic E-state index is -4.94. The molecule has 1 aliphatic rings. The number of benzene rings is 3. The van der Waals surface area contributed by atoms with Gasteiger partial charge in [-0.25, -0.2) is 9.18 Å². The summed E-state index contributed by atoms with van der Waals surface area (Å²) in [5.74, 6) is -2.19. The molecule has 1 aliphatic heterocycles. The predicted octanol–water partition coefficient (Wildman–Crippen LogP) is 5.46. The second kappa shape index (κ2) is 10.1. The molecule has 0 aromatic heterocycles. The molecule has 0 atom stereocenters. The molecule has 1 amide bonds. The molecule has 11 heteroatoms. The van der Waals surface area contributed by atoms with Crippen LogP contribution in [0.25, 0.3) is 6.08 Å². The lowest BCUT2D eigenvalue weighted by atomic mass is 10.1. The summed E-state index contributed by atoms with van der Waals surface area (Å²) in [6.45, 7) is 0.0327. The fraction of sp³-hybridized carbons (Fsp3) is 0.115. The number of carboxylic acids is 1. The topological polar surface area (TPSA) is 88.4 Å². The molecule has 0 bridgehead atoms. The van der Waals surface area contributed by atoms with E-state index in [4.69, 9.17) is 14.6 Å². The maximum atomic E-state index is 13.8. The molecule has 0 saturated heterocycles. The highest BCUT2D eigenvalue weighted by Gasteiger charge is 2.46. The molecule has 7 nitrogen and oxygen atoms in total. The molecule has 3 aromatic rings. The SMILES string of the molecule is COc1ccc(/C=C2\C(=O)N(c3ccc(C(=O)O)cc3)N=C2C(F)(F)F)cc1OCc1ccc(F)cc1. The average Bonchev–Trinajstić information content (AvgIpc) is 3.20. The van der Waals surface area contributed by atoms with Crippen molar-refractivity contribution in [1.82, 2.24) is 0 Å². The Morgan fingerprint density at radius 1 is 1.03 bits per heavy atom. The Labute approximate surface area is 207 Å². The fourth-order valence-electron chi connectivity index (χ4n) is 3.48. The Balaban J connectivity index is 1.66.